The number of hydrogen-bond acceptors (Lipinski definition) is 7. The quantitative estimate of drug-likeness (QED) is 0.282. The zero-order valence-corrected chi connectivity index (χ0v) is 26.8. The van der Waals surface area contributed by atoms with E-state index in [4.69, 9.17) is 18.3 Å². The predicted molar refractivity (Wildman–Crippen MR) is 150 cm³/mol. The van der Waals surface area contributed by atoms with E-state index in [1.165, 1.54) is 31.0 Å². The molecule has 0 spiro atoms. The Hall–Kier alpha value is -1.80. The Kier molecular flexibility index (Phi) is 9.14. The third kappa shape index (κ3) is 6.62. The highest BCUT2D eigenvalue weighted by Gasteiger charge is 2.49. The van der Waals surface area contributed by atoms with Crippen molar-refractivity contribution < 1.29 is 23.1 Å². The summed E-state index contributed by atoms with van der Waals surface area (Å²) < 4.78 is 27.2. The lowest BCUT2D eigenvalue weighted by Crippen LogP contribution is -2.48. The lowest BCUT2D eigenvalue weighted by molar-refractivity contribution is -0.135. The van der Waals surface area contributed by atoms with E-state index in [1.807, 2.05) is 0 Å². The number of methoxy groups -OCH3 is 1. The van der Waals surface area contributed by atoms with Gasteiger partial charge in [0.25, 0.3) is 5.56 Å². The van der Waals surface area contributed by atoms with E-state index in [2.05, 4.69) is 67.7 Å². The van der Waals surface area contributed by atoms with Gasteiger partial charge in [-0.2, -0.15) is 0 Å². The zero-order valence-electron chi connectivity index (χ0n) is 24.8. The number of rotatable bonds is 7. The number of ether oxygens (including phenoxy) is 2. The number of esters is 1. The molecule has 3 unspecified atom stereocenters. The molecule has 1 aromatic heterocycles. The van der Waals surface area contributed by atoms with E-state index >= 15 is 0 Å². The van der Waals surface area contributed by atoms with E-state index in [-0.39, 0.29) is 22.2 Å². The van der Waals surface area contributed by atoms with Crippen LogP contribution in [0.5, 0.6) is 0 Å². The number of carbonyl (C=O) groups is 1. The standard InChI is InChI=1S/C26H46N2O7Si2/c1-17-15-28(24(31)27(8)22(17)30)23-21(35-37(12,13)26(5,6)7)18(14-20(29)32-9)19(34-23)16-33-36(10,11)25(2,3)4/h14-15,19,21,23H,16H2,1-13H3/b18-14-. The van der Waals surface area contributed by atoms with Gasteiger partial charge in [-0.05, 0) is 48.8 Å². The van der Waals surface area contributed by atoms with Crippen molar-refractivity contribution in [2.24, 2.45) is 7.05 Å². The van der Waals surface area contributed by atoms with Crippen LogP contribution >= 0.6 is 0 Å². The summed E-state index contributed by atoms with van der Waals surface area (Å²) >= 11 is 0. The molecule has 0 radical (unpaired) electrons. The highest BCUT2D eigenvalue weighted by molar-refractivity contribution is 6.74. The van der Waals surface area contributed by atoms with Crippen LogP contribution in [0.25, 0.3) is 0 Å². The number of aryl methyl sites for hydroxylation is 1. The van der Waals surface area contributed by atoms with Gasteiger partial charge in [0.15, 0.2) is 22.9 Å². The van der Waals surface area contributed by atoms with Crippen molar-refractivity contribution in [3.8, 4) is 0 Å². The second-order valence-electron chi connectivity index (χ2n) is 12.9. The maximum Gasteiger partial charge on any atom is 0.332 e. The average Bonchev–Trinajstić information content (AvgIpc) is 3.07. The molecule has 0 saturated carbocycles. The molecule has 2 rings (SSSR count). The van der Waals surface area contributed by atoms with Crippen LogP contribution in [0.15, 0.2) is 27.4 Å². The Balaban J connectivity index is 2.71. The Morgan fingerprint density at radius 1 is 1.05 bits per heavy atom. The molecule has 1 aromatic rings. The molecular weight excluding hydrogens is 508 g/mol. The summed E-state index contributed by atoms with van der Waals surface area (Å²) in [5, 5.41) is -0.173. The molecular formula is C26H46N2O7Si2. The van der Waals surface area contributed by atoms with Crippen LogP contribution in [0, 0.1) is 6.92 Å². The molecule has 0 amide bonds. The second-order valence-corrected chi connectivity index (χ2v) is 22.5. The molecule has 0 N–H and O–H groups in total. The Morgan fingerprint density at radius 2 is 1.59 bits per heavy atom. The summed E-state index contributed by atoms with van der Waals surface area (Å²) in [4.78, 5) is 38.2. The number of nitrogens with zero attached hydrogens (tertiary/aromatic N) is 2. The van der Waals surface area contributed by atoms with Gasteiger partial charge in [-0.1, -0.05) is 41.5 Å². The van der Waals surface area contributed by atoms with Crippen LogP contribution in [0.2, 0.25) is 36.3 Å². The van der Waals surface area contributed by atoms with Crippen molar-refractivity contribution in [3.05, 3.63) is 44.2 Å². The van der Waals surface area contributed by atoms with E-state index in [0.29, 0.717) is 11.1 Å². The first kappa shape index (κ1) is 31.4. The molecule has 11 heteroatoms. The number of hydrogen-bond donors (Lipinski definition) is 0. The Bertz CT molecular complexity index is 1150. The van der Waals surface area contributed by atoms with Gasteiger partial charge in [0.05, 0.1) is 13.7 Å². The minimum absolute atomic E-state index is 0.0277. The third-order valence-corrected chi connectivity index (χ3v) is 17.1. The van der Waals surface area contributed by atoms with Crippen molar-refractivity contribution in [3.63, 3.8) is 0 Å². The summed E-state index contributed by atoms with van der Waals surface area (Å²) in [6, 6.07) is 0. The first-order chi connectivity index (χ1) is 16.6. The van der Waals surface area contributed by atoms with Gasteiger partial charge in [0.1, 0.15) is 12.2 Å². The Labute approximate surface area is 223 Å². The Morgan fingerprint density at radius 3 is 2.08 bits per heavy atom. The van der Waals surface area contributed by atoms with Crippen molar-refractivity contribution in [1.82, 2.24) is 9.13 Å². The molecule has 210 valence electrons. The molecule has 0 aliphatic carbocycles. The first-order valence-corrected chi connectivity index (χ1v) is 18.5. The average molecular weight is 555 g/mol. The molecule has 1 aliphatic rings. The minimum Gasteiger partial charge on any atom is -0.466 e. The normalized spacial score (nSPS) is 22.5. The highest BCUT2D eigenvalue weighted by Crippen LogP contribution is 2.44. The maximum absolute atomic E-state index is 13.2. The predicted octanol–water partition coefficient (Wildman–Crippen LogP) is 4.26. The lowest BCUT2D eigenvalue weighted by atomic mass is 10.1. The summed E-state index contributed by atoms with van der Waals surface area (Å²) in [5.74, 6) is -0.538. The number of aromatic nitrogens is 2. The molecule has 1 aliphatic heterocycles. The SMILES string of the molecule is COC(=O)/C=C1/C(CO[Si](C)(C)C(C)(C)C)OC(n2cc(C)c(=O)n(C)c2=O)C1O[Si](C)(C)C(C)(C)C. The van der Waals surface area contributed by atoms with Gasteiger partial charge >= 0.3 is 11.7 Å². The lowest BCUT2D eigenvalue weighted by Gasteiger charge is -2.39. The molecule has 9 nitrogen and oxygen atoms in total. The van der Waals surface area contributed by atoms with Crippen LogP contribution in [0.4, 0.5) is 0 Å². The number of carbonyl (C=O) groups excluding carboxylic acids is 1. The second kappa shape index (κ2) is 10.8. The van der Waals surface area contributed by atoms with Crippen LogP contribution in [0.3, 0.4) is 0 Å². The van der Waals surface area contributed by atoms with Gasteiger partial charge in [-0.3, -0.25) is 13.9 Å². The smallest absolute Gasteiger partial charge is 0.332 e. The van der Waals surface area contributed by atoms with Crippen molar-refractivity contribution in [2.75, 3.05) is 13.7 Å². The van der Waals surface area contributed by atoms with Gasteiger partial charge in [0, 0.05) is 24.9 Å². The van der Waals surface area contributed by atoms with Crippen LogP contribution in [0.1, 0.15) is 53.3 Å². The topological polar surface area (TPSA) is 98.0 Å². The molecule has 1 fully saturated rings. The van der Waals surface area contributed by atoms with Gasteiger partial charge < -0.3 is 18.3 Å². The highest BCUT2D eigenvalue weighted by atomic mass is 28.4. The summed E-state index contributed by atoms with van der Waals surface area (Å²) in [6.07, 6.45) is 0.623. The van der Waals surface area contributed by atoms with E-state index in [0.717, 1.165) is 4.57 Å². The van der Waals surface area contributed by atoms with Gasteiger partial charge in [-0.25, -0.2) is 9.59 Å². The summed E-state index contributed by atoms with van der Waals surface area (Å²) in [6.45, 7) is 23.2. The van der Waals surface area contributed by atoms with Crippen molar-refractivity contribution >= 4 is 22.6 Å². The van der Waals surface area contributed by atoms with Crippen LogP contribution in [-0.4, -0.2) is 57.7 Å². The van der Waals surface area contributed by atoms with Crippen LogP contribution < -0.4 is 11.2 Å². The van der Waals surface area contributed by atoms with E-state index in [9.17, 15) is 14.4 Å². The molecule has 2 heterocycles. The maximum atomic E-state index is 13.2. The summed E-state index contributed by atoms with van der Waals surface area (Å²) in [5.41, 5.74) is 0.0760. The fourth-order valence-corrected chi connectivity index (χ4v) is 5.77. The summed E-state index contributed by atoms with van der Waals surface area (Å²) in [7, 11) is -1.81. The van der Waals surface area contributed by atoms with E-state index in [1.54, 1.807) is 6.92 Å². The van der Waals surface area contributed by atoms with Crippen LogP contribution in [-0.2, 0) is 30.2 Å². The fraction of sp³-hybridized carbons (Fsp3) is 0.731. The molecule has 3 atom stereocenters. The first-order valence-electron chi connectivity index (χ1n) is 12.7. The van der Waals surface area contributed by atoms with Gasteiger partial charge in [0.2, 0.25) is 0 Å². The zero-order chi connectivity index (χ0) is 28.7. The van der Waals surface area contributed by atoms with Crippen molar-refractivity contribution in [2.45, 2.75) is 103 Å². The third-order valence-electron chi connectivity index (χ3n) is 8.13. The molecule has 0 bridgehead atoms. The largest absolute Gasteiger partial charge is 0.466 e. The van der Waals surface area contributed by atoms with E-state index < -0.39 is 46.7 Å². The van der Waals surface area contributed by atoms with Crippen molar-refractivity contribution in [1.29, 1.82) is 0 Å². The minimum atomic E-state index is -2.41. The van der Waals surface area contributed by atoms with Gasteiger partial charge in [-0.15, -0.1) is 0 Å². The molecule has 1 saturated heterocycles. The molecule has 0 aromatic carbocycles. The molecule has 37 heavy (non-hydrogen) atoms. The fourth-order valence-electron chi connectivity index (χ4n) is 3.53. The monoisotopic (exact) mass is 554 g/mol.